The van der Waals surface area contributed by atoms with Crippen LogP contribution in [0.5, 0.6) is 0 Å². The summed E-state index contributed by atoms with van der Waals surface area (Å²) in [6, 6.07) is 10.4. The molecule has 0 aliphatic heterocycles. The summed E-state index contributed by atoms with van der Waals surface area (Å²) in [7, 11) is 0. The smallest absolute Gasteiger partial charge is 0.143 e. The molecule has 0 saturated heterocycles. The molecule has 72 valence electrons. The van der Waals surface area contributed by atoms with E-state index in [4.69, 9.17) is 0 Å². The van der Waals surface area contributed by atoms with Gasteiger partial charge in [0, 0.05) is 6.42 Å². The van der Waals surface area contributed by atoms with Crippen molar-refractivity contribution in [1.82, 2.24) is 10.2 Å². The van der Waals surface area contributed by atoms with Crippen LogP contribution in [0.15, 0.2) is 34.7 Å². The Morgan fingerprint density at radius 2 is 1.86 bits per heavy atom. The summed E-state index contributed by atoms with van der Waals surface area (Å²) in [6.45, 7) is 0. The summed E-state index contributed by atoms with van der Waals surface area (Å²) in [5.74, 6) is 0. The monoisotopic (exact) mass is 222 g/mol. The van der Waals surface area contributed by atoms with Crippen molar-refractivity contribution in [2.75, 3.05) is 0 Å². The van der Waals surface area contributed by atoms with Gasteiger partial charge < -0.3 is 0 Å². The van der Waals surface area contributed by atoms with Crippen LogP contribution in [0.1, 0.15) is 10.6 Å². The fourth-order valence-electron chi connectivity index (χ4n) is 1.24. The van der Waals surface area contributed by atoms with Crippen LogP contribution in [-0.4, -0.2) is 10.2 Å². The van der Waals surface area contributed by atoms with Gasteiger partial charge in [-0.3, -0.25) is 0 Å². The molecule has 1 aromatic carbocycles. The van der Waals surface area contributed by atoms with Crippen LogP contribution in [0.3, 0.4) is 0 Å². The van der Waals surface area contributed by atoms with Crippen molar-refractivity contribution in [3.63, 3.8) is 0 Å². The second-order valence-corrected chi connectivity index (χ2v) is 4.75. The van der Waals surface area contributed by atoms with E-state index < -0.39 is 0 Å². The number of aryl methyl sites for hydroxylation is 2. The number of benzene rings is 1. The standard InChI is InChI=1S/C10H10N2S2/c13-10-12-11-9(14-10)7-6-8-4-2-1-3-5-8/h1-5H,6-7H2,(H,12,13). The Kier molecular flexibility index (Phi) is 3.16. The first-order valence-electron chi connectivity index (χ1n) is 4.40. The van der Waals surface area contributed by atoms with Crippen molar-refractivity contribution < 1.29 is 0 Å². The zero-order valence-electron chi connectivity index (χ0n) is 7.55. The van der Waals surface area contributed by atoms with Gasteiger partial charge in [0.25, 0.3) is 0 Å². The van der Waals surface area contributed by atoms with Crippen molar-refractivity contribution in [3.8, 4) is 0 Å². The van der Waals surface area contributed by atoms with Gasteiger partial charge in [-0.1, -0.05) is 41.7 Å². The molecule has 0 unspecified atom stereocenters. The van der Waals surface area contributed by atoms with Crippen molar-refractivity contribution >= 4 is 24.0 Å². The summed E-state index contributed by atoms with van der Waals surface area (Å²) in [5, 5.41) is 8.94. The number of rotatable bonds is 3. The Balaban J connectivity index is 1.95. The molecule has 0 fully saturated rings. The Hall–Kier alpha value is -0.870. The minimum atomic E-state index is 0.744. The molecule has 0 amide bonds. The van der Waals surface area contributed by atoms with Crippen molar-refractivity contribution in [2.24, 2.45) is 0 Å². The molecule has 0 N–H and O–H groups in total. The molecule has 14 heavy (non-hydrogen) atoms. The SMILES string of the molecule is Sc1nnc(CCc2ccccc2)s1. The molecule has 2 rings (SSSR count). The van der Waals surface area contributed by atoms with E-state index >= 15 is 0 Å². The zero-order valence-corrected chi connectivity index (χ0v) is 9.26. The third kappa shape index (κ3) is 2.56. The van der Waals surface area contributed by atoms with Crippen LogP contribution < -0.4 is 0 Å². The normalized spacial score (nSPS) is 10.4. The lowest BCUT2D eigenvalue weighted by Crippen LogP contribution is -1.89. The molecule has 2 nitrogen and oxygen atoms in total. The highest BCUT2D eigenvalue weighted by Gasteiger charge is 2.00. The average Bonchev–Trinajstić information content (AvgIpc) is 2.63. The lowest BCUT2D eigenvalue weighted by Gasteiger charge is -1.96. The number of hydrogen-bond acceptors (Lipinski definition) is 4. The van der Waals surface area contributed by atoms with E-state index in [1.165, 1.54) is 5.56 Å². The molecule has 0 spiro atoms. The molecule has 1 aromatic heterocycles. The van der Waals surface area contributed by atoms with Gasteiger partial charge in [0.15, 0.2) is 4.34 Å². The highest BCUT2D eigenvalue weighted by atomic mass is 32.2. The Labute approximate surface area is 92.4 Å². The fourth-order valence-corrected chi connectivity index (χ4v) is 2.18. The maximum Gasteiger partial charge on any atom is 0.171 e. The number of hydrogen-bond donors (Lipinski definition) is 1. The first kappa shape index (κ1) is 9.68. The van der Waals surface area contributed by atoms with E-state index in [0.29, 0.717) is 0 Å². The van der Waals surface area contributed by atoms with Crippen LogP contribution in [-0.2, 0) is 12.8 Å². The van der Waals surface area contributed by atoms with Gasteiger partial charge in [-0.15, -0.1) is 22.8 Å². The molecule has 0 saturated carbocycles. The Morgan fingerprint density at radius 1 is 1.07 bits per heavy atom. The maximum absolute atomic E-state index is 4.13. The average molecular weight is 222 g/mol. The molecule has 4 heteroatoms. The predicted octanol–water partition coefficient (Wildman–Crippen LogP) is 2.61. The second-order valence-electron chi connectivity index (χ2n) is 2.96. The van der Waals surface area contributed by atoms with Crippen LogP contribution in [0.4, 0.5) is 0 Å². The first-order valence-corrected chi connectivity index (χ1v) is 5.66. The van der Waals surface area contributed by atoms with E-state index in [2.05, 4.69) is 47.1 Å². The van der Waals surface area contributed by atoms with Gasteiger partial charge in [-0.05, 0) is 12.0 Å². The molecule has 0 aliphatic rings. The van der Waals surface area contributed by atoms with Gasteiger partial charge in [0.2, 0.25) is 0 Å². The first-order chi connectivity index (χ1) is 6.84. The fraction of sp³-hybridized carbons (Fsp3) is 0.200. The summed E-state index contributed by atoms with van der Waals surface area (Å²) in [6.07, 6.45) is 1.96. The summed E-state index contributed by atoms with van der Waals surface area (Å²) < 4.78 is 0.744. The molecule has 0 radical (unpaired) electrons. The lowest BCUT2D eigenvalue weighted by atomic mass is 10.1. The van der Waals surface area contributed by atoms with Gasteiger partial charge in [-0.2, -0.15) is 0 Å². The van der Waals surface area contributed by atoms with Crippen molar-refractivity contribution in [2.45, 2.75) is 17.2 Å². The summed E-state index contributed by atoms with van der Waals surface area (Å²) in [4.78, 5) is 0. The Bertz CT molecular complexity index is 398. The van der Waals surface area contributed by atoms with E-state index in [1.54, 1.807) is 11.3 Å². The second kappa shape index (κ2) is 4.57. The number of aromatic nitrogens is 2. The Morgan fingerprint density at radius 3 is 2.50 bits per heavy atom. The molecule has 0 aliphatic carbocycles. The third-order valence-corrected chi connectivity index (χ3v) is 3.08. The van der Waals surface area contributed by atoms with Crippen LogP contribution in [0, 0.1) is 0 Å². The predicted molar refractivity (Wildman–Crippen MR) is 61.0 cm³/mol. The van der Waals surface area contributed by atoms with Crippen molar-refractivity contribution in [3.05, 3.63) is 40.9 Å². The van der Waals surface area contributed by atoms with Gasteiger partial charge in [0.1, 0.15) is 5.01 Å². The summed E-state index contributed by atoms with van der Waals surface area (Å²) in [5.41, 5.74) is 1.34. The van der Waals surface area contributed by atoms with E-state index in [9.17, 15) is 0 Å². The maximum atomic E-state index is 4.13. The van der Waals surface area contributed by atoms with Gasteiger partial charge in [-0.25, -0.2) is 0 Å². The zero-order chi connectivity index (χ0) is 9.80. The number of thiol groups is 1. The molecule has 2 aromatic rings. The highest BCUT2D eigenvalue weighted by molar-refractivity contribution is 7.82. The third-order valence-electron chi connectivity index (χ3n) is 1.93. The molecule has 0 atom stereocenters. The van der Waals surface area contributed by atoms with Crippen LogP contribution >= 0.6 is 24.0 Å². The molecule has 0 bridgehead atoms. The quantitative estimate of drug-likeness (QED) is 0.808. The minimum absolute atomic E-state index is 0.744. The van der Waals surface area contributed by atoms with Crippen LogP contribution in [0.25, 0.3) is 0 Å². The van der Waals surface area contributed by atoms with Crippen LogP contribution in [0.2, 0.25) is 0 Å². The number of nitrogens with zero attached hydrogens (tertiary/aromatic N) is 2. The highest BCUT2D eigenvalue weighted by Crippen LogP contribution is 2.15. The van der Waals surface area contributed by atoms with E-state index in [-0.39, 0.29) is 0 Å². The van der Waals surface area contributed by atoms with Gasteiger partial charge in [0.05, 0.1) is 0 Å². The summed E-state index contributed by atoms with van der Waals surface area (Å²) >= 11 is 5.68. The molecular weight excluding hydrogens is 212 g/mol. The molecule has 1 heterocycles. The van der Waals surface area contributed by atoms with Gasteiger partial charge >= 0.3 is 0 Å². The van der Waals surface area contributed by atoms with E-state index in [0.717, 1.165) is 22.2 Å². The minimum Gasteiger partial charge on any atom is -0.143 e. The largest absolute Gasteiger partial charge is 0.171 e. The van der Waals surface area contributed by atoms with E-state index in [1.807, 2.05) is 6.07 Å². The lowest BCUT2D eigenvalue weighted by molar-refractivity contribution is 0.889. The van der Waals surface area contributed by atoms with Crippen molar-refractivity contribution in [1.29, 1.82) is 0 Å². The topological polar surface area (TPSA) is 25.8 Å². The molecular formula is C10H10N2S2.